The summed E-state index contributed by atoms with van der Waals surface area (Å²) < 4.78 is 23.7. The Morgan fingerprint density at radius 1 is 1.09 bits per heavy atom. The van der Waals surface area contributed by atoms with Crippen LogP contribution in [0.3, 0.4) is 0 Å². The van der Waals surface area contributed by atoms with E-state index in [9.17, 15) is 18.4 Å². The van der Waals surface area contributed by atoms with Crippen LogP contribution in [0.4, 0.5) is 8.78 Å². The van der Waals surface area contributed by atoms with Crippen molar-refractivity contribution in [3.63, 3.8) is 0 Å². The minimum Gasteiger partial charge on any atom is -0.254 e. The lowest BCUT2D eigenvalue weighted by molar-refractivity contribution is 0.0832. The van der Waals surface area contributed by atoms with E-state index in [1.54, 1.807) is 0 Å². The van der Waals surface area contributed by atoms with Gasteiger partial charge in [-0.1, -0.05) is 0 Å². The molecule has 0 N–H and O–H groups in total. The number of thiophene rings is 1. The maximum Gasteiger partial charge on any atom is 0.342 e. The van der Waals surface area contributed by atoms with Crippen LogP contribution in [0.1, 0.15) is 19.3 Å². The summed E-state index contributed by atoms with van der Waals surface area (Å²) in [6.07, 6.45) is 0. The van der Waals surface area contributed by atoms with Gasteiger partial charge < -0.3 is 0 Å². The molecule has 0 aliphatic carbocycles. The first kappa shape index (κ1) is 8.00. The van der Waals surface area contributed by atoms with Crippen LogP contribution in [0.25, 0.3) is 0 Å². The first-order chi connectivity index (χ1) is 5.11. The lowest BCUT2D eigenvalue weighted by Gasteiger charge is -1.79. The van der Waals surface area contributed by atoms with Crippen LogP contribution < -0.4 is 0 Å². The zero-order valence-electron chi connectivity index (χ0n) is 5.14. The summed E-state index contributed by atoms with van der Waals surface area (Å²) in [6, 6.07) is -1.16. The van der Waals surface area contributed by atoms with Crippen molar-refractivity contribution in [2.45, 2.75) is 0 Å². The maximum atomic E-state index is 11.8. The monoisotopic (exact) mass is 176 g/mol. The molecule has 1 aromatic heterocycles. The molecule has 0 atom stereocenters. The maximum absolute atomic E-state index is 11.8. The second-order valence-electron chi connectivity index (χ2n) is 1.71. The normalized spacial score (nSPS) is 9.64. The highest BCUT2D eigenvalue weighted by Gasteiger charge is 2.11. The fraction of sp³-hybridized carbons (Fsp3) is 0. The van der Waals surface area contributed by atoms with Gasteiger partial charge in [-0.05, 0) is 12.1 Å². The highest BCUT2D eigenvalue weighted by Crippen LogP contribution is 2.17. The molecule has 0 amide bonds. The average molecular weight is 176 g/mol. The van der Waals surface area contributed by atoms with Crippen molar-refractivity contribution in [3.05, 3.63) is 21.9 Å². The SMILES string of the molecule is O=C(F)c1ccc(C(=O)F)s1. The minimum atomic E-state index is -1.65. The summed E-state index contributed by atoms with van der Waals surface area (Å²) >= 11 is 0.500. The molecule has 0 saturated heterocycles. The summed E-state index contributed by atoms with van der Waals surface area (Å²) in [5.41, 5.74) is 0. The van der Waals surface area contributed by atoms with Gasteiger partial charge >= 0.3 is 12.1 Å². The van der Waals surface area contributed by atoms with Gasteiger partial charge in [0.05, 0.1) is 0 Å². The van der Waals surface area contributed by atoms with Crippen LogP contribution in [-0.4, -0.2) is 12.1 Å². The van der Waals surface area contributed by atoms with Crippen LogP contribution in [0.2, 0.25) is 0 Å². The van der Waals surface area contributed by atoms with E-state index in [0.717, 1.165) is 12.1 Å². The highest BCUT2D eigenvalue weighted by atomic mass is 32.1. The van der Waals surface area contributed by atoms with E-state index < -0.39 is 12.1 Å². The fourth-order valence-corrected chi connectivity index (χ4v) is 1.22. The molecule has 0 aliphatic heterocycles. The number of hydrogen-bond acceptors (Lipinski definition) is 3. The summed E-state index contributed by atoms with van der Waals surface area (Å²) in [6.45, 7) is 0. The van der Waals surface area contributed by atoms with E-state index >= 15 is 0 Å². The Labute approximate surface area is 64.5 Å². The van der Waals surface area contributed by atoms with E-state index in [1.807, 2.05) is 0 Å². The number of carbonyl (C=O) groups is 2. The molecule has 0 aromatic carbocycles. The molecule has 2 nitrogen and oxygen atoms in total. The van der Waals surface area contributed by atoms with Crippen molar-refractivity contribution in [2.24, 2.45) is 0 Å². The van der Waals surface area contributed by atoms with Crippen molar-refractivity contribution in [1.82, 2.24) is 0 Å². The van der Waals surface area contributed by atoms with Crippen LogP contribution in [0.15, 0.2) is 12.1 Å². The van der Waals surface area contributed by atoms with Crippen LogP contribution >= 0.6 is 11.3 Å². The van der Waals surface area contributed by atoms with Crippen molar-refractivity contribution in [1.29, 1.82) is 0 Å². The first-order valence-corrected chi connectivity index (χ1v) is 3.42. The molecule has 5 heteroatoms. The molecule has 58 valence electrons. The lowest BCUT2D eigenvalue weighted by Crippen LogP contribution is -1.83. The number of hydrogen-bond donors (Lipinski definition) is 0. The second kappa shape index (κ2) is 2.87. The third kappa shape index (κ3) is 1.68. The fourth-order valence-electron chi connectivity index (χ4n) is 0.549. The largest absolute Gasteiger partial charge is 0.342 e. The van der Waals surface area contributed by atoms with E-state index in [2.05, 4.69) is 0 Å². The van der Waals surface area contributed by atoms with E-state index in [-0.39, 0.29) is 9.75 Å². The Morgan fingerprint density at radius 2 is 1.45 bits per heavy atom. The summed E-state index contributed by atoms with van der Waals surface area (Å²) in [7, 11) is 0. The van der Waals surface area contributed by atoms with Gasteiger partial charge in [-0.15, -0.1) is 11.3 Å². The highest BCUT2D eigenvalue weighted by molar-refractivity contribution is 7.15. The molecule has 0 spiro atoms. The zero-order chi connectivity index (χ0) is 8.43. The molecular formula is C6H2F2O2S. The van der Waals surface area contributed by atoms with Gasteiger partial charge in [0.15, 0.2) is 0 Å². The Balaban J connectivity index is 2.99. The molecule has 0 unspecified atom stereocenters. The molecule has 0 radical (unpaired) electrons. The van der Waals surface area contributed by atoms with Gasteiger partial charge in [0.25, 0.3) is 0 Å². The van der Waals surface area contributed by atoms with Crippen molar-refractivity contribution in [2.75, 3.05) is 0 Å². The van der Waals surface area contributed by atoms with Gasteiger partial charge in [-0.2, -0.15) is 8.78 Å². The standard InChI is InChI=1S/C6H2F2O2S/c7-5(9)3-1-2-4(11-3)6(8)10/h1-2H. The Bertz CT molecular complexity index is 277. The second-order valence-corrected chi connectivity index (χ2v) is 2.80. The quantitative estimate of drug-likeness (QED) is 0.645. The molecule has 0 bridgehead atoms. The van der Waals surface area contributed by atoms with Gasteiger partial charge in [-0.25, -0.2) is 0 Å². The van der Waals surface area contributed by atoms with Crippen LogP contribution in [-0.2, 0) is 0 Å². The third-order valence-electron chi connectivity index (χ3n) is 0.993. The summed E-state index contributed by atoms with van der Waals surface area (Å²) in [5, 5.41) is 0. The van der Waals surface area contributed by atoms with E-state index in [1.165, 1.54) is 0 Å². The molecule has 1 aromatic rings. The smallest absolute Gasteiger partial charge is 0.254 e. The van der Waals surface area contributed by atoms with Crippen molar-refractivity contribution < 1.29 is 18.4 Å². The first-order valence-electron chi connectivity index (χ1n) is 2.61. The van der Waals surface area contributed by atoms with Gasteiger partial charge in [0.1, 0.15) is 9.75 Å². The Kier molecular flexibility index (Phi) is 2.09. The van der Waals surface area contributed by atoms with Crippen LogP contribution in [0.5, 0.6) is 0 Å². The summed E-state index contributed by atoms with van der Waals surface area (Å²) in [5.74, 6) is 0. The lowest BCUT2D eigenvalue weighted by atomic mass is 10.4. The van der Waals surface area contributed by atoms with Gasteiger partial charge in [0.2, 0.25) is 0 Å². The molecule has 1 rings (SSSR count). The third-order valence-corrected chi connectivity index (χ3v) is 2.03. The Morgan fingerprint density at radius 3 is 1.64 bits per heavy atom. The van der Waals surface area contributed by atoms with Crippen molar-refractivity contribution >= 4 is 23.4 Å². The van der Waals surface area contributed by atoms with Gasteiger partial charge in [-0.3, -0.25) is 9.59 Å². The molecule has 0 fully saturated rings. The molecule has 1 heterocycles. The topological polar surface area (TPSA) is 34.1 Å². The van der Waals surface area contributed by atoms with E-state index in [0.29, 0.717) is 11.3 Å². The molecule has 0 saturated carbocycles. The minimum absolute atomic E-state index is 0.258. The molecule has 11 heavy (non-hydrogen) atoms. The predicted octanol–water partition coefficient (Wildman–Crippen LogP) is 1.97. The molecular weight excluding hydrogens is 174 g/mol. The number of carbonyl (C=O) groups excluding carboxylic acids is 2. The Hall–Kier alpha value is -1.10. The van der Waals surface area contributed by atoms with Crippen LogP contribution in [0, 0.1) is 0 Å². The zero-order valence-corrected chi connectivity index (χ0v) is 5.95. The van der Waals surface area contributed by atoms with Gasteiger partial charge in [0, 0.05) is 0 Å². The van der Waals surface area contributed by atoms with Crippen molar-refractivity contribution in [3.8, 4) is 0 Å². The summed E-state index contributed by atoms with van der Waals surface area (Å²) in [4.78, 5) is 19.5. The van der Waals surface area contributed by atoms with E-state index in [4.69, 9.17) is 0 Å². The number of halogens is 2. The predicted molar refractivity (Wildman–Crippen MR) is 35.2 cm³/mol. The number of rotatable bonds is 2. The average Bonchev–Trinajstić information content (AvgIpc) is 2.33. The molecule has 0 aliphatic rings.